The molecule has 2 heterocycles. The van der Waals surface area contributed by atoms with Crippen LogP contribution in [0.3, 0.4) is 0 Å². The van der Waals surface area contributed by atoms with Gasteiger partial charge in [-0.05, 0) is 37.0 Å². The number of sulfonamides is 1. The number of carbonyl (C=O) groups is 1. The largest absolute Gasteiger partial charge is 0.392 e. The van der Waals surface area contributed by atoms with E-state index in [9.17, 15) is 22.7 Å². The minimum atomic E-state index is -3.40. The van der Waals surface area contributed by atoms with Gasteiger partial charge < -0.3 is 10.0 Å². The predicted octanol–water partition coefficient (Wildman–Crippen LogP) is 1.48. The van der Waals surface area contributed by atoms with Crippen LogP contribution in [0.4, 0.5) is 4.39 Å². The number of amides is 1. The minimum absolute atomic E-state index is 0.00112. The van der Waals surface area contributed by atoms with E-state index < -0.39 is 15.8 Å². The Bertz CT molecular complexity index is 947. The molecule has 0 unspecified atom stereocenters. The average Bonchev–Trinajstić information content (AvgIpc) is 3.14. The van der Waals surface area contributed by atoms with Crippen LogP contribution in [-0.4, -0.2) is 90.2 Å². The van der Waals surface area contributed by atoms with E-state index >= 15 is 0 Å². The number of nitrogens with zero attached hydrogens (tertiary/aromatic N) is 3. The molecule has 1 aromatic rings. The maximum Gasteiger partial charge on any atom is 0.227 e. The smallest absolute Gasteiger partial charge is 0.227 e. The standard InChI is InChI=1S/C21H29ClFN3O4S/c1-31(29,30)26-10-9-25(20(28)12-14-5-6-17(23)16(22)11-14)21-18(3-2-4-19(21)26)24-8-7-15(27)13-24/h5-6,11,15,18-19,21,27H,2-4,7-10,12-13H2,1H3/t15-,18-,19-,21+/m0/s1. The van der Waals surface area contributed by atoms with Gasteiger partial charge in [-0.15, -0.1) is 0 Å². The van der Waals surface area contributed by atoms with Crippen molar-refractivity contribution in [2.75, 3.05) is 32.4 Å². The van der Waals surface area contributed by atoms with Crippen molar-refractivity contribution in [1.82, 2.24) is 14.1 Å². The third-order valence-corrected chi connectivity index (χ3v) is 8.42. The van der Waals surface area contributed by atoms with Gasteiger partial charge in [0.15, 0.2) is 0 Å². The number of aliphatic hydroxyl groups excluding tert-OH is 1. The molecule has 172 valence electrons. The highest BCUT2D eigenvalue weighted by Gasteiger charge is 2.49. The van der Waals surface area contributed by atoms with Crippen molar-refractivity contribution in [3.63, 3.8) is 0 Å². The molecule has 1 aliphatic carbocycles. The third kappa shape index (κ3) is 4.75. The maximum atomic E-state index is 13.5. The number of hydrogen-bond donors (Lipinski definition) is 1. The first kappa shape index (κ1) is 22.9. The summed E-state index contributed by atoms with van der Waals surface area (Å²) >= 11 is 5.88. The molecule has 10 heteroatoms. The number of benzene rings is 1. The van der Waals surface area contributed by atoms with Gasteiger partial charge in [-0.1, -0.05) is 24.1 Å². The maximum absolute atomic E-state index is 13.5. The summed E-state index contributed by atoms with van der Waals surface area (Å²) in [5, 5.41) is 10.0. The quantitative estimate of drug-likeness (QED) is 0.716. The summed E-state index contributed by atoms with van der Waals surface area (Å²) in [4.78, 5) is 17.4. The van der Waals surface area contributed by atoms with Gasteiger partial charge >= 0.3 is 0 Å². The first-order valence-electron chi connectivity index (χ1n) is 10.8. The number of hydrogen-bond acceptors (Lipinski definition) is 5. The molecule has 7 nitrogen and oxygen atoms in total. The number of aliphatic hydroxyl groups is 1. The molecule has 0 bridgehead atoms. The first-order chi connectivity index (χ1) is 14.6. The fourth-order valence-corrected chi connectivity index (χ4v) is 6.82. The molecule has 4 atom stereocenters. The van der Waals surface area contributed by atoms with Gasteiger partial charge in [0.2, 0.25) is 15.9 Å². The second-order valence-electron chi connectivity index (χ2n) is 8.88. The van der Waals surface area contributed by atoms with Crippen LogP contribution in [0.15, 0.2) is 18.2 Å². The lowest BCUT2D eigenvalue weighted by atomic mass is 9.82. The number of fused-ring (bicyclic) bond motifs is 1. The second-order valence-corrected chi connectivity index (χ2v) is 11.2. The van der Waals surface area contributed by atoms with E-state index in [1.165, 1.54) is 18.4 Å². The van der Waals surface area contributed by atoms with Crippen LogP contribution in [0.5, 0.6) is 0 Å². The van der Waals surface area contributed by atoms with E-state index in [2.05, 4.69) is 4.90 Å². The number of rotatable bonds is 4. The van der Waals surface area contributed by atoms with Crippen LogP contribution < -0.4 is 0 Å². The highest BCUT2D eigenvalue weighted by Crippen LogP contribution is 2.36. The number of halogens is 2. The van der Waals surface area contributed by atoms with Gasteiger partial charge in [-0.25, -0.2) is 12.8 Å². The molecule has 0 aromatic heterocycles. The summed E-state index contributed by atoms with van der Waals surface area (Å²) < 4.78 is 40.0. The van der Waals surface area contributed by atoms with Gasteiger partial charge in [-0.3, -0.25) is 9.69 Å². The molecule has 0 radical (unpaired) electrons. The van der Waals surface area contributed by atoms with Crippen molar-refractivity contribution >= 4 is 27.5 Å². The molecule has 1 aromatic carbocycles. The lowest BCUT2D eigenvalue weighted by Crippen LogP contribution is -2.69. The van der Waals surface area contributed by atoms with Crippen molar-refractivity contribution in [2.24, 2.45) is 0 Å². The lowest BCUT2D eigenvalue weighted by molar-refractivity contribution is -0.140. The number of likely N-dealkylation sites (tertiary alicyclic amines) is 1. The van der Waals surface area contributed by atoms with Crippen LogP contribution in [0, 0.1) is 5.82 Å². The van der Waals surface area contributed by atoms with Crippen LogP contribution in [0.2, 0.25) is 5.02 Å². The van der Waals surface area contributed by atoms with E-state index in [0.29, 0.717) is 31.5 Å². The van der Waals surface area contributed by atoms with E-state index in [-0.39, 0.29) is 48.1 Å². The molecule has 1 N–H and O–H groups in total. The molecule has 1 amide bonds. The Kier molecular flexibility index (Phi) is 6.61. The average molecular weight is 474 g/mol. The molecule has 2 aliphatic heterocycles. The van der Waals surface area contributed by atoms with E-state index in [1.807, 2.05) is 4.90 Å². The van der Waals surface area contributed by atoms with Gasteiger partial charge in [0, 0.05) is 38.3 Å². The van der Waals surface area contributed by atoms with Crippen molar-refractivity contribution < 1.29 is 22.7 Å². The molecule has 2 saturated heterocycles. The minimum Gasteiger partial charge on any atom is -0.392 e. The second kappa shape index (κ2) is 8.94. The molecule has 0 spiro atoms. The van der Waals surface area contributed by atoms with Gasteiger partial charge in [0.25, 0.3) is 0 Å². The van der Waals surface area contributed by atoms with Crippen LogP contribution in [-0.2, 0) is 21.2 Å². The SMILES string of the molecule is CS(=O)(=O)N1CCN(C(=O)Cc2ccc(F)c(Cl)c2)[C@@H]2[C@@H](N3CC[C@H](O)C3)CCC[C@@H]21. The van der Waals surface area contributed by atoms with Crippen molar-refractivity contribution in [1.29, 1.82) is 0 Å². The van der Waals surface area contributed by atoms with Gasteiger partial charge in [0.1, 0.15) is 5.82 Å². The summed E-state index contributed by atoms with van der Waals surface area (Å²) in [6.07, 6.45) is 4.04. The molecule has 4 rings (SSSR count). The highest BCUT2D eigenvalue weighted by atomic mass is 35.5. The Morgan fingerprint density at radius 2 is 1.94 bits per heavy atom. The predicted molar refractivity (Wildman–Crippen MR) is 116 cm³/mol. The fourth-order valence-electron chi connectivity index (χ4n) is 5.48. The number of piperazine rings is 1. The van der Waals surface area contributed by atoms with Gasteiger partial charge in [-0.2, -0.15) is 4.31 Å². The summed E-state index contributed by atoms with van der Waals surface area (Å²) in [5.41, 5.74) is 0.627. The molecule has 1 saturated carbocycles. The fraction of sp³-hybridized carbons (Fsp3) is 0.667. The highest BCUT2D eigenvalue weighted by molar-refractivity contribution is 7.88. The van der Waals surface area contributed by atoms with Crippen molar-refractivity contribution in [3.05, 3.63) is 34.6 Å². The van der Waals surface area contributed by atoms with Gasteiger partial charge in [0.05, 0.1) is 29.8 Å². The molecule has 31 heavy (non-hydrogen) atoms. The zero-order valence-corrected chi connectivity index (χ0v) is 19.2. The number of β-amino-alcohol motifs (C(OH)–C–C–N with tert-alkyl or cyclic N) is 1. The molecular formula is C21H29ClFN3O4S. The Hall–Kier alpha value is -1.26. The summed E-state index contributed by atoms with van der Waals surface area (Å²) in [7, 11) is -3.40. The summed E-state index contributed by atoms with van der Waals surface area (Å²) in [5.74, 6) is -0.642. The van der Waals surface area contributed by atoms with Crippen LogP contribution in [0.1, 0.15) is 31.2 Å². The van der Waals surface area contributed by atoms with E-state index in [0.717, 1.165) is 19.4 Å². The lowest BCUT2D eigenvalue weighted by Gasteiger charge is -2.53. The van der Waals surface area contributed by atoms with E-state index in [4.69, 9.17) is 11.6 Å². The Labute approximate surface area is 187 Å². The van der Waals surface area contributed by atoms with Crippen molar-refractivity contribution in [3.8, 4) is 0 Å². The summed E-state index contributed by atoms with van der Waals surface area (Å²) in [6, 6.07) is 3.73. The normalized spacial score (nSPS) is 30.4. The van der Waals surface area contributed by atoms with Crippen LogP contribution in [0.25, 0.3) is 0 Å². The molecule has 3 fully saturated rings. The Balaban J connectivity index is 1.62. The zero-order valence-electron chi connectivity index (χ0n) is 17.6. The topological polar surface area (TPSA) is 81.2 Å². The molecule has 3 aliphatic rings. The first-order valence-corrected chi connectivity index (χ1v) is 13.0. The molecular weight excluding hydrogens is 445 g/mol. The number of carbonyl (C=O) groups excluding carboxylic acids is 1. The zero-order chi connectivity index (χ0) is 22.3. The Morgan fingerprint density at radius 1 is 1.19 bits per heavy atom. The van der Waals surface area contributed by atoms with Crippen LogP contribution >= 0.6 is 11.6 Å². The van der Waals surface area contributed by atoms with E-state index in [1.54, 1.807) is 10.4 Å². The summed E-state index contributed by atoms with van der Waals surface area (Å²) in [6.45, 7) is 1.87. The Morgan fingerprint density at radius 3 is 2.58 bits per heavy atom. The third-order valence-electron chi connectivity index (χ3n) is 6.83. The monoisotopic (exact) mass is 473 g/mol. The van der Waals surface area contributed by atoms with Crippen molar-refractivity contribution in [2.45, 2.75) is 56.3 Å².